The Kier molecular flexibility index (Phi) is 0.979. The van der Waals surface area contributed by atoms with Crippen LogP contribution < -0.4 is 5.73 Å². The molecule has 0 spiro atoms. The van der Waals surface area contributed by atoms with Crippen molar-refractivity contribution >= 4 is 17.4 Å². The van der Waals surface area contributed by atoms with Crippen molar-refractivity contribution in [2.45, 2.75) is 0 Å². The van der Waals surface area contributed by atoms with Gasteiger partial charge < -0.3 is 5.11 Å². The van der Waals surface area contributed by atoms with Crippen molar-refractivity contribution < 1.29 is 5.11 Å². The zero-order chi connectivity index (χ0) is 3.58. The van der Waals surface area contributed by atoms with Crippen molar-refractivity contribution in [1.82, 2.24) is 5.73 Å². The third kappa shape index (κ3) is 8.37. The molecule has 0 aromatic carbocycles. The van der Waals surface area contributed by atoms with Gasteiger partial charge in [-0.1, -0.05) is 0 Å². The molecule has 0 aromatic heterocycles. The van der Waals surface area contributed by atoms with E-state index in [1.807, 2.05) is 0 Å². The SMILES string of the molecule is [NH]C(O)=S. The second-order valence-electron chi connectivity index (χ2n) is 0.305. The molecule has 23 valence electrons. The van der Waals surface area contributed by atoms with Gasteiger partial charge in [0, 0.05) is 0 Å². The average molecular weight is 76.1 g/mol. The number of hydrogen-bond acceptors (Lipinski definition) is 1. The minimum absolute atomic E-state index is 0.750. The largest absolute Gasteiger partial charge is 0.485 e. The van der Waals surface area contributed by atoms with Crippen molar-refractivity contribution in [1.29, 1.82) is 0 Å². The average Bonchev–Trinajstić information content (AvgIpc) is 0.811. The van der Waals surface area contributed by atoms with Crippen molar-refractivity contribution in [3.05, 3.63) is 0 Å². The second kappa shape index (κ2) is 1.06. The van der Waals surface area contributed by atoms with Crippen LogP contribution in [0.5, 0.6) is 0 Å². The van der Waals surface area contributed by atoms with Gasteiger partial charge in [0.15, 0.2) is 0 Å². The molecule has 0 saturated heterocycles. The van der Waals surface area contributed by atoms with Crippen LogP contribution in [-0.4, -0.2) is 10.3 Å². The quantitative estimate of drug-likeness (QED) is 0.416. The molecule has 2 nitrogen and oxygen atoms in total. The van der Waals surface area contributed by atoms with Gasteiger partial charge in [-0.2, -0.15) is 0 Å². The molecular weight excluding hydrogens is 74.1 g/mol. The summed E-state index contributed by atoms with van der Waals surface area (Å²) in [7, 11) is 0. The Morgan fingerprint density at radius 2 is 2.00 bits per heavy atom. The summed E-state index contributed by atoms with van der Waals surface area (Å²) in [6, 6.07) is 0. The van der Waals surface area contributed by atoms with Gasteiger partial charge in [-0.25, -0.2) is 0 Å². The van der Waals surface area contributed by atoms with E-state index in [1.165, 1.54) is 0 Å². The Balaban J connectivity index is 2.80. The van der Waals surface area contributed by atoms with Crippen LogP contribution in [0.15, 0.2) is 0 Å². The van der Waals surface area contributed by atoms with Gasteiger partial charge in [0.1, 0.15) is 0 Å². The van der Waals surface area contributed by atoms with E-state index in [2.05, 4.69) is 12.2 Å². The number of nitrogens with one attached hydrogen (secondary N) is 1. The van der Waals surface area contributed by atoms with Crippen LogP contribution in [0.2, 0.25) is 0 Å². The molecule has 0 aromatic rings. The zero-order valence-corrected chi connectivity index (χ0v) is 2.67. The van der Waals surface area contributed by atoms with Crippen molar-refractivity contribution in [2.75, 3.05) is 0 Å². The fourth-order valence-corrected chi connectivity index (χ4v) is 0. The first kappa shape index (κ1) is 3.69. The minimum atomic E-state index is -0.750. The monoisotopic (exact) mass is 76.0 g/mol. The predicted molar refractivity (Wildman–Crippen MR) is 18.3 cm³/mol. The van der Waals surface area contributed by atoms with Crippen LogP contribution in [-0.2, 0) is 0 Å². The van der Waals surface area contributed by atoms with E-state index in [9.17, 15) is 0 Å². The molecule has 0 fully saturated rings. The summed E-state index contributed by atoms with van der Waals surface area (Å²) in [5.74, 6) is 0. The lowest BCUT2D eigenvalue weighted by Gasteiger charge is -1.63. The Bertz CT molecular complexity index is 31.0. The molecule has 0 aliphatic carbocycles. The zero-order valence-electron chi connectivity index (χ0n) is 1.86. The Morgan fingerprint density at radius 1 is 2.00 bits per heavy atom. The highest BCUT2D eigenvalue weighted by Gasteiger charge is 1.60. The predicted octanol–water partition coefficient (Wildman–Crippen LogP) is 0.112. The molecule has 4 heavy (non-hydrogen) atoms. The smallest absolute Gasteiger partial charge is 0.273 e. The van der Waals surface area contributed by atoms with Crippen LogP contribution in [0.3, 0.4) is 0 Å². The molecule has 0 saturated carbocycles. The molecule has 0 amide bonds. The lowest BCUT2D eigenvalue weighted by molar-refractivity contribution is 0.557. The lowest BCUT2D eigenvalue weighted by atomic mass is 11.4. The summed E-state index contributed by atoms with van der Waals surface area (Å²) in [6.45, 7) is 0. The number of aliphatic hydroxyl groups is 1. The van der Waals surface area contributed by atoms with E-state index in [0.717, 1.165) is 0 Å². The Labute approximate surface area is 29.2 Å². The van der Waals surface area contributed by atoms with Gasteiger partial charge >= 0.3 is 0 Å². The molecule has 0 unspecified atom stereocenters. The van der Waals surface area contributed by atoms with Crippen molar-refractivity contribution in [3.63, 3.8) is 0 Å². The van der Waals surface area contributed by atoms with E-state index in [4.69, 9.17) is 10.8 Å². The van der Waals surface area contributed by atoms with E-state index in [-0.39, 0.29) is 0 Å². The fourth-order valence-electron chi connectivity index (χ4n) is 0. The van der Waals surface area contributed by atoms with E-state index in [1.54, 1.807) is 0 Å². The topological polar surface area (TPSA) is 44.0 Å². The van der Waals surface area contributed by atoms with Gasteiger partial charge in [-0.15, -0.1) is 0 Å². The minimum Gasteiger partial charge on any atom is -0.485 e. The summed E-state index contributed by atoms with van der Waals surface area (Å²) in [5.41, 5.74) is 5.87. The molecular formula is CH2NOS. The molecule has 0 heterocycles. The highest BCUT2D eigenvalue weighted by molar-refractivity contribution is 7.79. The maximum Gasteiger partial charge on any atom is 0.273 e. The fraction of sp³-hybridized carbons (Fsp3) is 0. The summed E-state index contributed by atoms with van der Waals surface area (Å²) in [6.07, 6.45) is 0. The third-order valence-corrected chi connectivity index (χ3v) is 0. The molecule has 0 rings (SSSR count). The van der Waals surface area contributed by atoms with Crippen LogP contribution in [0.1, 0.15) is 0 Å². The highest BCUT2D eigenvalue weighted by atomic mass is 32.1. The summed E-state index contributed by atoms with van der Waals surface area (Å²) in [5, 5.41) is 6.70. The highest BCUT2D eigenvalue weighted by Crippen LogP contribution is 1.45. The van der Waals surface area contributed by atoms with E-state index < -0.39 is 5.17 Å². The first-order valence-electron chi connectivity index (χ1n) is 0.678. The number of aliphatic hydroxyl groups excluding tert-OH is 1. The maximum atomic E-state index is 7.45. The Morgan fingerprint density at radius 3 is 2.00 bits per heavy atom. The first-order valence-corrected chi connectivity index (χ1v) is 1.09. The molecule has 0 aliphatic rings. The van der Waals surface area contributed by atoms with Gasteiger partial charge in [-0.3, -0.25) is 5.73 Å². The van der Waals surface area contributed by atoms with E-state index >= 15 is 0 Å². The van der Waals surface area contributed by atoms with Crippen LogP contribution in [0, 0.1) is 0 Å². The van der Waals surface area contributed by atoms with E-state index in [0.29, 0.717) is 0 Å². The van der Waals surface area contributed by atoms with Gasteiger partial charge in [-0.05, 0) is 12.2 Å². The number of hydrogen-bond donors (Lipinski definition) is 1. The lowest BCUT2D eigenvalue weighted by Crippen LogP contribution is -1.85. The van der Waals surface area contributed by atoms with Crippen LogP contribution in [0.25, 0.3) is 0 Å². The van der Waals surface area contributed by atoms with Crippen molar-refractivity contribution in [2.24, 2.45) is 0 Å². The summed E-state index contributed by atoms with van der Waals surface area (Å²) in [4.78, 5) is 0. The molecule has 2 N–H and O–H groups in total. The third-order valence-electron chi connectivity index (χ3n) is 0. The Hall–Kier alpha value is -0.310. The first-order chi connectivity index (χ1) is 1.73. The van der Waals surface area contributed by atoms with Crippen LogP contribution in [0.4, 0.5) is 0 Å². The van der Waals surface area contributed by atoms with Gasteiger partial charge in [0.05, 0.1) is 0 Å². The number of thiocarbonyl (C=S) groups is 1. The normalized spacial score (nSPS) is 6.00. The molecule has 1 radical (unpaired) electrons. The molecule has 0 atom stereocenters. The summed E-state index contributed by atoms with van der Waals surface area (Å²) >= 11 is 3.76. The van der Waals surface area contributed by atoms with Gasteiger partial charge in [0.2, 0.25) is 0 Å². The second-order valence-corrected chi connectivity index (χ2v) is 0.692. The molecule has 3 heteroatoms. The van der Waals surface area contributed by atoms with Gasteiger partial charge in [0.25, 0.3) is 5.17 Å². The maximum absolute atomic E-state index is 7.45. The standard InChI is InChI=1S/CH2NOS/c2-1(3)4/h2H,(H,3,4). The van der Waals surface area contributed by atoms with Crippen LogP contribution >= 0.6 is 12.2 Å². The molecule has 0 bridgehead atoms. The molecule has 0 aliphatic heterocycles. The summed E-state index contributed by atoms with van der Waals surface area (Å²) < 4.78 is 0. The van der Waals surface area contributed by atoms with Crippen molar-refractivity contribution in [3.8, 4) is 0 Å². The number of rotatable bonds is 0.